The summed E-state index contributed by atoms with van der Waals surface area (Å²) < 4.78 is 10.9. The third kappa shape index (κ3) is 3.55. The van der Waals surface area contributed by atoms with Crippen LogP contribution in [0.4, 0.5) is 0 Å². The lowest BCUT2D eigenvalue weighted by atomic mass is 10.2. The first-order valence-electron chi connectivity index (χ1n) is 5.97. The number of nitrogens with zero attached hydrogens (tertiary/aromatic N) is 1. The van der Waals surface area contributed by atoms with Gasteiger partial charge in [0.1, 0.15) is 11.4 Å². The molecule has 19 heavy (non-hydrogen) atoms. The highest BCUT2D eigenvalue weighted by Gasteiger charge is 2.18. The molecular weight excluding hydrogens is 242 g/mol. The highest BCUT2D eigenvalue weighted by molar-refractivity contribution is 5.66. The average Bonchev–Trinajstić information content (AvgIpc) is 2.41. The van der Waals surface area contributed by atoms with E-state index in [1.54, 1.807) is 18.3 Å². The van der Waals surface area contributed by atoms with E-state index in [0.29, 0.717) is 11.4 Å². The van der Waals surface area contributed by atoms with Crippen molar-refractivity contribution >= 4 is 5.97 Å². The summed E-state index contributed by atoms with van der Waals surface area (Å²) in [4.78, 5) is 15.3. The molecule has 2 aromatic rings. The molecule has 0 aliphatic heterocycles. The lowest BCUT2D eigenvalue weighted by molar-refractivity contribution is -0.162. The fraction of sp³-hybridized carbons (Fsp3) is 0.200. The Labute approximate surface area is 112 Å². The molecule has 0 bridgehead atoms. The summed E-state index contributed by atoms with van der Waals surface area (Å²) in [6.07, 6.45) is 0.798. The molecule has 0 fully saturated rings. The Balaban J connectivity index is 2.24. The van der Waals surface area contributed by atoms with Crippen LogP contribution < -0.4 is 4.74 Å². The van der Waals surface area contributed by atoms with Gasteiger partial charge in [-0.15, -0.1) is 0 Å². The second-order valence-corrected chi connectivity index (χ2v) is 4.08. The molecule has 1 aromatic carbocycles. The smallest absolute Gasteiger partial charge is 0.306 e. The Morgan fingerprint density at radius 1 is 1.16 bits per heavy atom. The summed E-state index contributed by atoms with van der Waals surface area (Å²) in [6, 6.07) is 12.9. The van der Waals surface area contributed by atoms with Gasteiger partial charge >= 0.3 is 5.97 Å². The lowest BCUT2D eigenvalue weighted by Crippen LogP contribution is -2.16. The number of pyridine rings is 1. The first-order chi connectivity index (χ1) is 9.16. The SMILES string of the molecule is CC(=O)OC(Oc1ccccc1C)c1ccccn1. The molecule has 1 unspecified atom stereocenters. The van der Waals surface area contributed by atoms with Gasteiger partial charge in [0.15, 0.2) is 0 Å². The molecule has 0 radical (unpaired) electrons. The van der Waals surface area contributed by atoms with Crippen molar-refractivity contribution in [2.75, 3.05) is 0 Å². The third-order valence-electron chi connectivity index (χ3n) is 2.53. The molecule has 98 valence electrons. The maximum Gasteiger partial charge on any atom is 0.306 e. The number of rotatable bonds is 4. The minimum absolute atomic E-state index is 0.413. The number of aryl methyl sites for hydroxylation is 1. The van der Waals surface area contributed by atoms with Gasteiger partial charge in [0.05, 0.1) is 0 Å². The van der Waals surface area contributed by atoms with Crippen LogP contribution in [0.3, 0.4) is 0 Å². The second-order valence-electron chi connectivity index (χ2n) is 4.08. The van der Waals surface area contributed by atoms with Crippen LogP contribution in [0.2, 0.25) is 0 Å². The standard InChI is InChI=1S/C15H15NO3/c1-11-7-3-4-9-14(11)19-15(18-12(2)17)13-8-5-6-10-16-13/h3-10,15H,1-2H3. The van der Waals surface area contributed by atoms with Crippen molar-refractivity contribution in [3.05, 3.63) is 59.9 Å². The van der Waals surface area contributed by atoms with Crippen LogP contribution in [0, 0.1) is 6.92 Å². The van der Waals surface area contributed by atoms with Gasteiger partial charge in [-0.2, -0.15) is 0 Å². The van der Waals surface area contributed by atoms with E-state index in [-0.39, 0.29) is 0 Å². The summed E-state index contributed by atoms with van der Waals surface area (Å²) >= 11 is 0. The summed E-state index contributed by atoms with van der Waals surface area (Å²) in [5.74, 6) is 0.253. The normalized spacial score (nSPS) is 11.7. The van der Waals surface area contributed by atoms with Crippen LogP contribution in [-0.2, 0) is 9.53 Å². The quantitative estimate of drug-likeness (QED) is 0.624. The summed E-state index contributed by atoms with van der Waals surface area (Å²) in [6.45, 7) is 3.27. The summed E-state index contributed by atoms with van der Waals surface area (Å²) in [5.41, 5.74) is 1.52. The Kier molecular flexibility index (Phi) is 4.13. The van der Waals surface area contributed by atoms with Crippen LogP contribution in [0.1, 0.15) is 24.5 Å². The molecule has 0 N–H and O–H groups in total. The van der Waals surface area contributed by atoms with Crippen molar-refractivity contribution in [2.45, 2.75) is 20.1 Å². The average molecular weight is 257 g/mol. The number of carbonyl (C=O) groups is 1. The van der Waals surface area contributed by atoms with Gasteiger partial charge in [-0.1, -0.05) is 24.3 Å². The fourth-order valence-electron chi connectivity index (χ4n) is 1.61. The van der Waals surface area contributed by atoms with Crippen molar-refractivity contribution in [1.29, 1.82) is 0 Å². The van der Waals surface area contributed by atoms with Gasteiger partial charge < -0.3 is 9.47 Å². The van der Waals surface area contributed by atoms with E-state index in [2.05, 4.69) is 4.98 Å². The van der Waals surface area contributed by atoms with Crippen LogP contribution in [0.25, 0.3) is 0 Å². The molecule has 0 spiro atoms. The predicted molar refractivity (Wildman–Crippen MR) is 70.6 cm³/mol. The molecule has 4 nitrogen and oxygen atoms in total. The molecule has 0 saturated carbocycles. The van der Waals surface area contributed by atoms with Gasteiger partial charge in [0.2, 0.25) is 0 Å². The topological polar surface area (TPSA) is 48.4 Å². The number of aromatic nitrogens is 1. The second kappa shape index (κ2) is 6.00. The van der Waals surface area contributed by atoms with Crippen LogP contribution in [0.5, 0.6) is 5.75 Å². The van der Waals surface area contributed by atoms with Crippen molar-refractivity contribution in [3.63, 3.8) is 0 Å². The highest BCUT2D eigenvalue weighted by atomic mass is 16.7. The largest absolute Gasteiger partial charge is 0.449 e. The number of hydrogen-bond acceptors (Lipinski definition) is 4. The van der Waals surface area contributed by atoms with Gasteiger partial charge in [-0.25, -0.2) is 0 Å². The van der Waals surface area contributed by atoms with Gasteiger partial charge in [-0.3, -0.25) is 9.78 Å². The van der Waals surface area contributed by atoms with E-state index < -0.39 is 12.3 Å². The lowest BCUT2D eigenvalue weighted by Gasteiger charge is -2.19. The highest BCUT2D eigenvalue weighted by Crippen LogP contribution is 2.24. The number of benzene rings is 1. The Morgan fingerprint density at radius 3 is 2.53 bits per heavy atom. The van der Waals surface area contributed by atoms with Crippen LogP contribution in [-0.4, -0.2) is 11.0 Å². The first kappa shape index (κ1) is 13.1. The van der Waals surface area contributed by atoms with E-state index in [4.69, 9.17) is 9.47 Å². The van der Waals surface area contributed by atoms with Crippen molar-refractivity contribution in [3.8, 4) is 5.75 Å². The molecule has 1 heterocycles. The minimum atomic E-state index is -0.834. The Hall–Kier alpha value is -2.36. The molecular formula is C15H15NO3. The van der Waals surface area contributed by atoms with E-state index in [9.17, 15) is 4.79 Å². The van der Waals surface area contributed by atoms with Gasteiger partial charge in [0.25, 0.3) is 6.29 Å². The summed E-state index contributed by atoms with van der Waals surface area (Å²) in [7, 11) is 0. The number of hydrogen-bond donors (Lipinski definition) is 0. The molecule has 0 aliphatic carbocycles. The number of ether oxygens (including phenoxy) is 2. The van der Waals surface area contributed by atoms with E-state index in [1.807, 2.05) is 37.3 Å². The Bertz CT molecular complexity index is 554. The molecule has 4 heteroatoms. The van der Waals surface area contributed by atoms with E-state index in [1.165, 1.54) is 6.92 Å². The number of carbonyl (C=O) groups excluding carboxylic acids is 1. The van der Waals surface area contributed by atoms with E-state index >= 15 is 0 Å². The van der Waals surface area contributed by atoms with E-state index in [0.717, 1.165) is 5.56 Å². The molecule has 0 saturated heterocycles. The zero-order chi connectivity index (χ0) is 13.7. The molecule has 1 aromatic heterocycles. The molecule has 0 aliphatic rings. The van der Waals surface area contributed by atoms with Crippen LogP contribution >= 0.6 is 0 Å². The van der Waals surface area contributed by atoms with Crippen molar-refractivity contribution in [2.24, 2.45) is 0 Å². The van der Waals surface area contributed by atoms with Crippen molar-refractivity contribution in [1.82, 2.24) is 4.98 Å². The van der Waals surface area contributed by atoms with Gasteiger partial charge in [0, 0.05) is 13.1 Å². The number of esters is 1. The monoisotopic (exact) mass is 257 g/mol. The summed E-state index contributed by atoms with van der Waals surface area (Å²) in [5, 5.41) is 0. The first-order valence-corrected chi connectivity index (χ1v) is 5.97. The van der Waals surface area contributed by atoms with Crippen molar-refractivity contribution < 1.29 is 14.3 Å². The molecule has 2 rings (SSSR count). The zero-order valence-corrected chi connectivity index (χ0v) is 10.9. The van der Waals surface area contributed by atoms with Crippen LogP contribution in [0.15, 0.2) is 48.7 Å². The van der Waals surface area contributed by atoms with Gasteiger partial charge in [-0.05, 0) is 30.7 Å². The molecule has 0 amide bonds. The maximum absolute atomic E-state index is 11.2. The predicted octanol–water partition coefficient (Wildman–Crippen LogP) is 3.03. The molecule has 1 atom stereocenters. The third-order valence-corrected chi connectivity index (χ3v) is 2.53. The minimum Gasteiger partial charge on any atom is -0.449 e. The Morgan fingerprint density at radius 2 is 1.89 bits per heavy atom. The maximum atomic E-state index is 11.2. The fourth-order valence-corrected chi connectivity index (χ4v) is 1.61. The zero-order valence-electron chi connectivity index (χ0n) is 10.9. The number of para-hydroxylation sites is 1.